The van der Waals surface area contributed by atoms with Crippen LogP contribution in [0, 0.1) is 0 Å². The summed E-state index contributed by atoms with van der Waals surface area (Å²) >= 11 is 0. The predicted octanol–water partition coefficient (Wildman–Crippen LogP) is 0.468. The highest BCUT2D eigenvalue weighted by atomic mass is 16.2. The fraction of sp³-hybridized carbons (Fsp3) is 0.571. The maximum Gasteiger partial charge on any atom is 0.247 e. The molecular weight excluding hydrogens is 282 g/mol. The Morgan fingerprint density at radius 1 is 1.50 bits per heavy atom. The van der Waals surface area contributed by atoms with Crippen LogP contribution in [-0.4, -0.2) is 66.6 Å². The summed E-state index contributed by atoms with van der Waals surface area (Å²) in [6.07, 6.45) is 6.60. The SMILES string of the molecule is CCN1CCN(C(=O)[C@@H](C)n2cncn2)C[C@@H]1c1ncc[nH]1. The van der Waals surface area contributed by atoms with E-state index in [9.17, 15) is 4.79 Å². The van der Waals surface area contributed by atoms with Gasteiger partial charge in [-0.05, 0) is 13.5 Å². The molecule has 0 saturated carbocycles. The summed E-state index contributed by atoms with van der Waals surface area (Å²) in [4.78, 5) is 28.4. The van der Waals surface area contributed by atoms with Crippen LogP contribution in [0.3, 0.4) is 0 Å². The quantitative estimate of drug-likeness (QED) is 0.887. The number of carbonyl (C=O) groups is 1. The first-order valence-electron chi connectivity index (χ1n) is 7.57. The third-order valence-corrected chi connectivity index (χ3v) is 4.23. The summed E-state index contributed by atoms with van der Waals surface area (Å²) in [6, 6.07) is -0.228. The molecule has 0 bridgehead atoms. The number of aromatic amines is 1. The van der Waals surface area contributed by atoms with Gasteiger partial charge in [0.25, 0.3) is 0 Å². The number of rotatable bonds is 4. The van der Waals surface area contributed by atoms with Crippen molar-refractivity contribution in [1.82, 2.24) is 34.5 Å². The second kappa shape index (κ2) is 6.27. The summed E-state index contributed by atoms with van der Waals surface area (Å²) in [7, 11) is 0. The van der Waals surface area contributed by atoms with E-state index >= 15 is 0 Å². The molecule has 0 unspecified atom stereocenters. The van der Waals surface area contributed by atoms with Crippen LogP contribution >= 0.6 is 0 Å². The van der Waals surface area contributed by atoms with Crippen molar-refractivity contribution in [1.29, 1.82) is 0 Å². The van der Waals surface area contributed by atoms with Crippen LogP contribution in [0.4, 0.5) is 0 Å². The van der Waals surface area contributed by atoms with E-state index in [1.165, 1.54) is 6.33 Å². The zero-order chi connectivity index (χ0) is 15.5. The van der Waals surface area contributed by atoms with Crippen LogP contribution in [0.2, 0.25) is 0 Å². The van der Waals surface area contributed by atoms with E-state index in [1.54, 1.807) is 17.2 Å². The first kappa shape index (κ1) is 14.7. The summed E-state index contributed by atoms with van der Waals surface area (Å²) < 4.78 is 1.59. The molecule has 2 atom stereocenters. The van der Waals surface area contributed by atoms with Gasteiger partial charge in [-0.25, -0.2) is 14.6 Å². The highest BCUT2D eigenvalue weighted by Crippen LogP contribution is 2.24. The largest absolute Gasteiger partial charge is 0.347 e. The van der Waals surface area contributed by atoms with Gasteiger partial charge in [-0.2, -0.15) is 5.10 Å². The second-order valence-corrected chi connectivity index (χ2v) is 5.45. The third kappa shape index (κ3) is 2.74. The molecule has 1 saturated heterocycles. The van der Waals surface area contributed by atoms with E-state index in [2.05, 4.69) is 31.9 Å². The van der Waals surface area contributed by atoms with Crippen molar-refractivity contribution in [3.8, 4) is 0 Å². The van der Waals surface area contributed by atoms with Crippen molar-refractivity contribution in [2.75, 3.05) is 26.2 Å². The van der Waals surface area contributed by atoms with E-state index in [1.807, 2.05) is 18.0 Å². The molecule has 1 N–H and O–H groups in total. The number of hydrogen-bond acceptors (Lipinski definition) is 5. The number of amides is 1. The standard InChI is InChI=1S/C14H21N7O/c1-3-19-6-7-20(8-12(19)13-16-4-5-17-13)14(22)11(2)21-10-15-9-18-21/h4-5,9-12H,3,6-8H2,1-2H3,(H,16,17)/t11-,12-/m1/s1. The number of aromatic nitrogens is 5. The van der Waals surface area contributed by atoms with Gasteiger partial charge in [-0.3, -0.25) is 9.69 Å². The van der Waals surface area contributed by atoms with Gasteiger partial charge in [0.15, 0.2) is 0 Å². The maximum atomic E-state index is 12.7. The lowest BCUT2D eigenvalue weighted by Gasteiger charge is -2.40. The van der Waals surface area contributed by atoms with Crippen molar-refractivity contribution in [2.45, 2.75) is 25.9 Å². The first-order valence-corrected chi connectivity index (χ1v) is 7.57. The van der Waals surface area contributed by atoms with E-state index in [0.29, 0.717) is 6.54 Å². The number of hydrogen-bond donors (Lipinski definition) is 1. The average Bonchev–Trinajstić information content (AvgIpc) is 3.25. The lowest BCUT2D eigenvalue weighted by molar-refractivity contribution is -0.137. The minimum Gasteiger partial charge on any atom is -0.347 e. The van der Waals surface area contributed by atoms with E-state index in [0.717, 1.165) is 25.5 Å². The predicted molar refractivity (Wildman–Crippen MR) is 79.9 cm³/mol. The fourth-order valence-corrected chi connectivity index (χ4v) is 2.91. The highest BCUT2D eigenvalue weighted by molar-refractivity contribution is 5.80. The Bertz CT molecular complexity index is 595. The summed E-state index contributed by atoms with van der Waals surface area (Å²) in [6.45, 7) is 7.13. The normalized spacial score (nSPS) is 21.0. The lowest BCUT2D eigenvalue weighted by Crippen LogP contribution is -2.52. The molecule has 0 aromatic carbocycles. The Labute approximate surface area is 129 Å². The number of imidazole rings is 1. The van der Waals surface area contributed by atoms with Crippen molar-refractivity contribution in [3.63, 3.8) is 0 Å². The molecule has 8 nitrogen and oxygen atoms in total. The molecule has 1 fully saturated rings. The van der Waals surface area contributed by atoms with Gasteiger partial charge in [-0.1, -0.05) is 6.92 Å². The number of carbonyl (C=O) groups excluding carboxylic acids is 1. The Morgan fingerprint density at radius 2 is 2.36 bits per heavy atom. The lowest BCUT2D eigenvalue weighted by atomic mass is 10.1. The number of H-pyrrole nitrogens is 1. The molecular formula is C14H21N7O. The minimum atomic E-state index is -0.340. The molecule has 3 rings (SSSR count). The number of nitrogens with zero attached hydrogens (tertiary/aromatic N) is 6. The van der Waals surface area contributed by atoms with Crippen molar-refractivity contribution < 1.29 is 4.79 Å². The molecule has 8 heteroatoms. The second-order valence-electron chi connectivity index (χ2n) is 5.45. The molecule has 0 spiro atoms. The van der Waals surface area contributed by atoms with Gasteiger partial charge in [0.05, 0.1) is 6.04 Å². The molecule has 22 heavy (non-hydrogen) atoms. The van der Waals surface area contributed by atoms with Crippen LogP contribution in [0.5, 0.6) is 0 Å². The topological polar surface area (TPSA) is 82.9 Å². The van der Waals surface area contributed by atoms with Crippen LogP contribution in [-0.2, 0) is 4.79 Å². The Hall–Kier alpha value is -2.22. The van der Waals surface area contributed by atoms with Gasteiger partial charge >= 0.3 is 0 Å². The van der Waals surface area contributed by atoms with Crippen LogP contribution in [0.15, 0.2) is 25.0 Å². The first-order chi connectivity index (χ1) is 10.7. The van der Waals surface area contributed by atoms with Gasteiger partial charge < -0.3 is 9.88 Å². The van der Waals surface area contributed by atoms with Crippen LogP contribution in [0.1, 0.15) is 31.8 Å². The molecule has 118 valence electrons. The van der Waals surface area contributed by atoms with Gasteiger partial charge in [0.1, 0.15) is 24.5 Å². The zero-order valence-electron chi connectivity index (χ0n) is 12.9. The molecule has 2 aromatic rings. The fourth-order valence-electron chi connectivity index (χ4n) is 2.91. The molecule has 0 radical (unpaired) electrons. The maximum absolute atomic E-state index is 12.7. The van der Waals surface area contributed by atoms with Crippen molar-refractivity contribution >= 4 is 5.91 Å². The number of likely N-dealkylation sites (N-methyl/N-ethyl adjacent to an activating group) is 1. The minimum absolute atomic E-state index is 0.0674. The van der Waals surface area contributed by atoms with Crippen LogP contribution in [0.25, 0.3) is 0 Å². The smallest absolute Gasteiger partial charge is 0.247 e. The van der Waals surface area contributed by atoms with Crippen molar-refractivity contribution in [3.05, 3.63) is 30.9 Å². The van der Waals surface area contributed by atoms with E-state index in [4.69, 9.17) is 0 Å². The molecule has 0 aliphatic carbocycles. The van der Waals surface area contributed by atoms with Crippen LogP contribution < -0.4 is 0 Å². The monoisotopic (exact) mass is 303 g/mol. The number of nitrogens with one attached hydrogen (secondary N) is 1. The molecule has 1 amide bonds. The summed E-state index contributed by atoms with van der Waals surface area (Å²) in [5.41, 5.74) is 0. The molecule has 1 aliphatic rings. The summed E-state index contributed by atoms with van der Waals surface area (Å²) in [5, 5.41) is 4.06. The highest BCUT2D eigenvalue weighted by Gasteiger charge is 2.33. The van der Waals surface area contributed by atoms with Crippen molar-refractivity contribution in [2.24, 2.45) is 0 Å². The third-order valence-electron chi connectivity index (χ3n) is 4.23. The van der Waals surface area contributed by atoms with E-state index in [-0.39, 0.29) is 18.0 Å². The Morgan fingerprint density at radius 3 is 3.00 bits per heavy atom. The van der Waals surface area contributed by atoms with Gasteiger partial charge in [0, 0.05) is 32.0 Å². The van der Waals surface area contributed by atoms with Gasteiger partial charge in [0.2, 0.25) is 5.91 Å². The molecule has 1 aliphatic heterocycles. The Kier molecular flexibility index (Phi) is 4.19. The summed E-state index contributed by atoms with van der Waals surface area (Å²) in [5.74, 6) is 0.977. The number of piperazine rings is 1. The Balaban J connectivity index is 1.74. The van der Waals surface area contributed by atoms with E-state index < -0.39 is 0 Å². The van der Waals surface area contributed by atoms with Gasteiger partial charge in [-0.15, -0.1) is 0 Å². The zero-order valence-corrected chi connectivity index (χ0v) is 12.9. The molecule has 2 aromatic heterocycles. The average molecular weight is 303 g/mol. The molecule has 3 heterocycles.